The second kappa shape index (κ2) is 4.42. The van der Waals surface area contributed by atoms with Crippen LogP contribution < -0.4 is 0 Å². The van der Waals surface area contributed by atoms with Crippen LogP contribution in [0.15, 0.2) is 48.7 Å². The number of aromatic nitrogens is 2. The van der Waals surface area contributed by atoms with Gasteiger partial charge in [0.1, 0.15) is 5.69 Å². The van der Waals surface area contributed by atoms with Crippen LogP contribution in [-0.2, 0) is 0 Å². The fourth-order valence-electron chi connectivity index (χ4n) is 1.86. The molecule has 0 aliphatic rings. The molecule has 0 spiro atoms. The van der Waals surface area contributed by atoms with Crippen molar-refractivity contribution in [3.8, 4) is 17.3 Å². The first-order valence-corrected chi connectivity index (χ1v) is 6.51. The van der Waals surface area contributed by atoms with Gasteiger partial charge in [-0.1, -0.05) is 18.2 Å². The number of benzene rings is 1. The van der Waals surface area contributed by atoms with Crippen molar-refractivity contribution in [1.29, 1.82) is 5.26 Å². The van der Waals surface area contributed by atoms with Gasteiger partial charge in [-0.15, -0.1) is 0 Å². The summed E-state index contributed by atoms with van der Waals surface area (Å²) in [6, 6.07) is 15.6. The molecule has 0 saturated heterocycles. The highest BCUT2D eigenvalue weighted by Crippen LogP contribution is 2.27. The van der Waals surface area contributed by atoms with E-state index in [1.54, 1.807) is 0 Å². The molecule has 3 nitrogen and oxygen atoms in total. The van der Waals surface area contributed by atoms with Gasteiger partial charge in [0, 0.05) is 11.8 Å². The lowest BCUT2D eigenvalue weighted by molar-refractivity contribution is 0.966. The Morgan fingerprint density at radius 3 is 2.56 bits per heavy atom. The lowest BCUT2D eigenvalue weighted by Crippen LogP contribution is -1.85. The van der Waals surface area contributed by atoms with Crippen molar-refractivity contribution < 1.29 is 0 Å². The number of halogens is 1. The maximum absolute atomic E-state index is 8.80. The van der Waals surface area contributed by atoms with Crippen molar-refractivity contribution in [3.05, 3.63) is 57.8 Å². The van der Waals surface area contributed by atoms with E-state index in [9.17, 15) is 0 Å². The summed E-state index contributed by atoms with van der Waals surface area (Å²) in [4.78, 5) is 0. The van der Waals surface area contributed by atoms with E-state index in [2.05, 4.69) is 33.8 Å². The van der Waals surface area contributed by atoms with Gasteiger partial charge in [-0.05, 0) is 46.9 Å². The normalized spacial score (nSPS) is 10.4. The van der Waals surface area contributed by atoms with Gasteiger partial charge in [-0.25, -0.2) is 4.52 Å². The molecule has 0 N–H and O–H groups in total. The Kier molecular flexibility index (Phi) is 2.76. The molecule has 18 heavy (non-hydrogen) atoms. The Balaban J connectivity index is 2.19. The molecule has 0 radical (unpaired) electrons. The van der Waals surface area contributed by atoms with E-state index < -0.39 is 0 Å². The molecule has 2 aromatic heterocycles. The zero-order valence-corrected chi connectivity index (χ0v) is 11.5. The fraction of sp³-hybridized carbons (Fsp3) is 0. The SMILES string of the molecule is N#Cc1ccc(-c2nn3ccccc3c2I)cc1. The van der Waals surface area contributed by atoms with E-state index in [1.807, 2.05) is 53.2 Å². The van der Waals surface area contributed by atoms with Crippen LogP contribution in [0.2, 0.25) is 0 Å². The second-order valence-corrected chi connectivity index (χ2v) is 4.96. The molecule has 0 aliphatic carbocycles. The molecule has 3 rings (SSSR count). The standard InChI is InChI=1S/C14H8IN3/c15-13-12-3-1-2-8-18(12)17-14(13)11-6-4-10(9-16)5-7-11/h1-8H. The van der Waals surface area contributed by atoms with E-state index in [0.29, 0.717) is 5.56 Å². The number of hydrogen-bond acceptors (Lipinski definition) is 2. The Hall–Kier alpha value is -1.87. The number of pyridine rings is 1. The van der Waals surface area contributed by atoms with Crippen molar-refractivity contribution >= 4 is 28.1 Å². The van der Waals surface area contributed by atoms with Crippen LogP contribution in [-0.4, -0.2) is 9.61 Å². The lowest BCUT2D eigenvalue weighted by Gasteiger charge is -1.97. The highest BCUT2D eigenvalue weighted by Gasteiger charge is 2.11. The van der Waals surface area contributed by atoms with Gasteiger partial charge in [0.05, 0.1) is 20.7 Å². The molecule has 0 bridgehead atoms. The average molecular weight is 345 g/mol. The molecule has 3 aromatic rings. The Morgan fingerprint density at radius 2 is 1.89 bits per heavy atom. The summed E-state index contributed by atoms with van der Waals surface area (Å²) in [5, 5.41) is 13.4. The largest absolute Gasteiger partial charge is 0.239 e. The van der Waals surface area contributed by atoms with Crippen molar-refractivity contribution in [3.63, 3.8) is 0 Å². The van der Waals surface area contributed by atoms with Crippen LogP contribution in [0.25, 0.3) is 16.8 Å². The first-order valence-electron chi connectivity index (χ1n) is 5.43. The zero-order chi connectivity index (χ0) is 12.5. The second-order valence-electron chi connectivity index (χ2n) is 3.88. The predicted molar refractivity (Wildman–Crippen MR) is 78.1 cm³/mol. The zero-order valence-electron chi connectivity index (χ0n) is 9.34. The minimum atomic E-state index is 0.664. The van der Waals surface area contributed by atoms with Crippen LogP contribution in [0.3, 0.4) is 0 Å². The van der Waals surface area contributed by atoms with Crippen LogP contribution in [0.5, 0.6) is 0 Å². The molecule has 0 unspecified atom stereocenters. The number of rotatable bonds is 1. The molecule has 0 fully saturated rings. The Morgan fingerprint density at radius 1 is 1.11 bits per heavy atom. The topological polar surface area (TPSA) is 41.1 Å². The molecular weight excluding hydrogens is 337 g/mol. The summed E-state index contributed by atoms with van der Waals surface area (Å²) in [5.41, 5.74) is 3.74. The predicted octanol–water partition coefficient (Wildman–Crippen LogP) is 3.48. The quantitative estimate of drug-likeness (QED) is 0.634. The van der Waals surface area contributed by atoms with E-state index in [4.69, 9.17) is 5.26 Å². The molecule has 4 heteroatoms. The molecule has 0 atom stereocenters. The number of nitriles is 1. The molecule has 0 saturated carbocycles. The first-order chi connectivity index (χ1) is 8.79. The van der Waals surface area contributed by atoms with E-state index in [0.717, 1.165) is 20.3 Å². The minimum Gasteiger partial charge on any atom is -0.239 e. The third kappa shape index (κ3) is 1.77. The summed E-state index contributed by atoms with van der Waals surface area (Å²) >= 11 is 2.31. The van der Waals surface area contributed by atoms with Crippen LogP contribution in [0, 0.1) is 14.9 Å². The highest BCUT2D eigenvalue weighted by molar-refractivity contribution is 14.1. The van der Waals surface area contributed by atoms with E-state index >= 15 is 0 Å². The fourth-order valence-corrected chi connectivity index (χ4v) is 2.70. The maximum atomic E-state index is 8.80. The monoisotopic (exact) mass is 345 g/mol. The Bertz CT molecular complexity index is 751. The van der Waals surface area contributed by atoms with Crippen molar-refractivity contribution in [2.24, 2.45) is 0 Å². The van der Waals surface area contributed by atoms with Crippen molar-refractivity contribution in [1.82, 2.24) is 9.61 Å². The molecule has 2 heterocycles. The van der Waals surface area contributed by atoms with Gasteiger partial charge in [0.2, 0.25) is 0 Å². The molecule has 0 aliphatic heterocycles. The highest BCUT2D eigenvalue weighted by atomic mass is 127. The van der Waals surface area contributed by atoms with Crippen LogP contribution >= 0.6 is 22.6 Å². The smallest absolute Gasteiger partial charge is 0.107 e. The first kappa shape index (κ1) is 11.2. The van der Waals surface area contributed by atoms with Crippen LogP contribution in [0.1, 0.15) is 5.56 Å². The summed E-state index contributed by atoms with van der Waals surface area (Å²) < 4.78 is 2.99. The molecular formula is C14H8IN3. The van der Waals surface area contributed by atoms with Crippen LogP contribution in [0.4, 0.5) is 0 Å². The van der Waals surface area contributed by atoms with Gasteiger partial charge in [0.15, 0.2) is 0 Å². The third-order valence-electron chi connectivity index (χ3n) is 2.77. The molecule has 1 aromatic carbocycles. The maximum Gasteiger partial charge on any atom is 0.107 e. The average Bonchev–Trinajstić information content (AvgIpc) is 2.77. The number of nitrogens with zero attached hydrogens (tertiary/aromatic N) is 3. The summed E-state index contributed by atoms with van der Waals surface area (Å²) in [5.74, 6) is 0. The van der Waals surface area contributed by atoms with Crippen molar-refractivity contribution in [2.75, 3.05) is 0 Å². The lowest BCUT2D eigenvalue weighted by atomic mass is 10.1. The number of fused-ring (bicyclic) bond motifs is 1. The van der Waals surface area contributed by atoms with Gasteiger partial charge in [-0.3, -0.25) is 0 Å². The van der Waals surface area contributed by atoms with Gasteiger partial charge in [-0.2, -0.15) is 10.4 Å². The summed E-state index contributed by atoms with van der Waals surface area (Å²) in [7, 11) is 0. The van der Waals surface area contributed by atoms with Gasteiger partial charge >= 0.3 is 0 Å². The molecule has 0 amide bonds. The summed E-state index contributed by atoms with van der Waals surface area (Å²) in [6.45, 7) is 0. The van der Waals surface area contributed by atoms with Gasteiger partial charge < -0.3 is 0 Å². The summed E-state index contributed by atoms with van der Waals surface area (Å²) in [6.07, 6.45) is 1.94. The minimum absolute atomic E-state index is 0.664. The van der Waals surface area contributed by atoms with Gasteiger partial charge in [0.25, 0.3) is 0 Å². The van der Waals surface area contributed by atoms with E-state index in [-0.39, 0.29) is 0 Å². The number of hydrogen-bond donors (Lipinski definition) is 0. The Labute approximate surface area is 118 Å². The molecule has 86 valence electrons. The van der Waals surface area contributed by atoms with E-state index in [1.165, 1.54) is 0 Å². The van der Waals surface area contributed by atoms with Crippen molar-refractivity contribution in [2.45, 2.75) is 0 Å². The third-order valence-corrected chi connectivity index (χ3v) is 3.83.